The van der Waals surface area contributed by atoms with Crippen LogP contribution in [0.15, 0.2) is 0 Å². The predicted molar refractivity (Wildman–Crippen MR) is 84.0 cm³/mol. The van der Waals surface area contributed by atoms with Crippen molar-refractivity contribution in [3.05, 3.63) is 0 Å². The van der Waals surface area contributed by atoms with Crippen LogP contribution in [0.1, 0.15) is 34.6 Å². The van der Waals surface area contributed by atoms with E-state index in [1.807, 2.05) is 0 Å². The van der Waals surface area contributed by atoms with E-state index in [2.05, 4.69) is 5.32 Å². The minimum atomic E-state index is -1.08. The fourth-order valence-electron chi connectivity index (χ4n) is 2.64. The molecule has 2 N–H and O–H groups in total. The average Bonchev–Trinajstić information content (AvgIpc) is 3.17. The normalized spacial score (nSPS) is 23.8. The number of amides is 1. The van der Waals surface area contributed by atoms with Gasteiger partial charge in [-0.15, -0.1) is 0 Å². The van der Waals surface area contributed by atoms with Gasteiger partial charge < -0.3 is 24.6 Å². The maximum atomic E-state index is 12.2. The molecule has 1 aliphatic carbocycles. The molecule has 8 heteroatoms. The summed E-state index contributed by atoms with van der Waals surface area (Å²) in [6.07, 6.45) is -0.785. The molecule has 1 aliphatic rings. The third-order valence-electron chi connectivity index (χ3n) is 3.60. The highest BCUT2D eigenvalue weighted by Crippen LogP contribution is 2.49. The van der Waals surface area contributed by atoms with Gasteiger partial charge in [-0.2, -0.15) is 0 Å². The highest BCUT2D eigenvalue weighted by atomic mass is 16.6. The van der Waals surface area contributed by atoms with Crippen LogP contribution >= 0.6 is 0 Å². The van der Waals surface area contributed by atoms with Crippen molar-refractivity contribution >= 4 is 18.0 Å². The summed E-state index contributed by atoms with van der Waals surface area (Å²) in [4.78, 5) is 36.1. The molecule has 0 aromatic rings. The molecule has 138 valence electrons. The van der Waals surface area contributed by atoms with Crippen LogP contribution in [-0.2, 0) is 23.8 Å². The van der Waals surface area contributed by atoms with Crippen molar-refractivity contribution < 1.29 is 33.7 Å². The van der Waals surface area contributed by atoms with Gasteiger partial charge in [0.1, 0.15) is 11.6 Å². The standard InChI is InChI=1S/C16H27NO7/c1-6-22-13(19)11-9(8-18)10(11)12(14(20)23-7-2)17-15(21)24-16(3,4)5/h9-12,18H,6-8H2,1-5H3,(H,17,21)/t9-,10?,11+,12?/m1/s1. The summed E-state index contributed by atoms with van der Waals surface area (Å²) in [6, 6.07) is -1.08. The zero-order valence-corrected chi connectivity index (χ0v) is 14.8. The minimum absolute atomic E-state index is 0.131. The lowest BCUT2D eigenvalue weighted by molar-refractivity contribution is -0.147. The lowest BCUT2D eigenvalue weighted by Gasteiger charge is -2.23. The van der Waals surface area contributed by atoms with Gasteiger partial charge in [0, 0.05) is 18.4 Å². The van der Waals surface area contributed by atoms with E-state index in [0.29, 0.717) is 0 Å². The molecule has 0 heterocycles. The van der Waals surface area contributed by atoms with Crippen LogP contribution in [0, 0.1) is 17.8 Å². The molecule has 24 heavy (non-hydrogen) atoms. The molecule has 4 atom stereocenters. The number of nitrogens with one attached hydrogen (secondary N) is 1. The molecular weight excluding hydrogens is 318 g/mol. The Labute approximate surface area is 141 Å². The first kappa shape index (κ1) is 20.2. The Morgan fingerprint density at radius 2 is 1.71 bits per heavy atom. The van der Waals surface area contributed by atoms with Crippen molar-refractivity contribution in [2.75, 3.05) is 19.8 Å². The number of aliphatic hydroxyl groups excluding tert-OH is 1. The SMILES string of the molecule is CCOC(=O)C(NC(=O)OC(C)(C)C)C1[C@@H](CO)[C@@H]1C(=O)OCC. The minimum Gasteiger partial charge on any atom is -0.466 e. The van der Waals surface area contributed by atoms with Crippen molar-refractivity contribution in [1.29, 1.82) is 0 Å². The molecule has 1 amide bonds. The topological polar surface area (TPSA) is 111 Å². The van der Waals surface area contributed by atoms with E-state index in [1.165, 1.54) is 0 Å². The van der Waals surface area contributed by atoms with Crippen LogP contribution in [0.2, 0.25) is 0 Å². The van der Waals surface area contributed by atoms with Crippen molar-refractivity contribution in [2.45, 2.75) is 46.3 Å². The molecule has 1 saturated carbocycles. The van der Waals surface area contributed by atoms with Gasteiger partial charge in [-0.3, -0.25) is 4.79 Å². The molecule has 2 unspecified atom stereocenters. The Kier molecular flexibility index (Phi) is 7.01. The maximum absolute atomic E-state index is 12.2. The van der Waals surface area contributed by atoms with E-state index < -0.39 is 47.4 Å². The van der Waals surface area contributed by atoms with E-state index in [1.54, 1.807) is 34.6 Å². The molecule has 0 radical (unpaired) electrons. The predicted octanol–water partition coefficient (Wildman–Crippen LogP) is 0.860. The number of alkyl carbamates (subject to hydrolysis) is 1. The number of carbonyl (C=O) groups excluding carboxylic acids is 3. The van der Waals surface area contributed by atoms with E-state index in [4.69, 9.17) is 14.2 Å². The third kappa shape index (κ3) is 5.36. The number of hydrogen-bond acceptors (Lipinski definition) is 7. The Bertz CT molecular complexity index is 472. The molecule has 0 aliphatic heterocycles. The molecule has 0 spiro atoms. The first-order valence-electron chi connectivity index (χ1n) is 8.09. The number of hydrogen-bond donors (Lipinski definition) is 2. The summed E-state index contributed by atoms with van der Waals surface area (Å²) in [6.45, 7) is 8.44. The molecule has 0 aromatic carbocycles. The van der Waals surface area contributed by atoms with E-state index in [-0.39, 0.29) is 19.8 Å². The first-order valence-corrected chi connectivity index (χ1v) is 8.09. The van der Waals surface area contributed by atoms with Crippen LogP contribution in [-0.4, -0.2) is 54.6 Å². The summed E-state index contributed by atoms with van der Waals surface area (Å²) >= 11 is 0. The number of aliphatic hydroxyl groups is 1. The van der Waals surface area contributed by atoms with Crippen molar-refractivity contribution in [3.8, 4) is 0 Å². The lowest BCUT2D eigenvalue weighted by Crippen LogP contribution is -2.46. The summed E-state index contributed by atoms with van der Waals surface area (Å²) < 4.78 is 15.1. The van der Waals surface area contributed by atoms with Crippen LogP contribution in [0.5, 0.6) is 0 Å². The molecule has 0 bridgehead atoms. The largest absolute Gasteiger partial charge is 0.466 e. The summed E-state index contributed by atoms with van der Waals surface area (Å²) in [7, 11) is 0. The summed E-state index contributed by atoms with van der Waals surface area (Å²) in [5, 5.41) is 11.9. The monoisotopic (exact) mass is 345 g/mol. The van der Waals surface area contributed by atoms with Crippen molar-refractivity contribution in [3.63, 3.8) is 0 Å². The van der Waals surface area contributed by atoms with Gasteiger partial charge in [-0.05, 0) is 34.6 Å². The summed E-state index contributed by atoms with van der Waals surface area (Å²) in [5.41, 5.74) is -0.732. The van der Waals surface area contributed by atoms with Crippen LogP contribution in [0.3, 0.4) is 0 Å². The Morgan fingerprint density at radius 1 is 1.12 bits per heavy atom. The quantitative estimate of drug-likeness (QED) is 0.520. The smallest absolute Gasteiger partial charge is 0.408 e. The second-order valence-corrected chi connectivity index (χ2v) is 6.58. The van der Waals surface area contributed by atoms with E-state index in [9.17, 15) is 19.5 Å². The Hall–Kier alpha value is -1.83. The van der Waals surface area contributed by atoms with Crippen molar-refractivity contribution in [1.82, 2.24) is 5.32 Å². The average molecular weight is 345 g/mol. The number of ether oxygens (including phenoxy) is 3. The molecule has 1 fully saturated rings. The maximum Gasteiger partial charge on any atom is 0.408 e. The first-order chi connectivity index (χ1) is 11.2. The van der Waals surface area contributed by atoms with Gasteiger partial charge in [-0.1, -0.05) is 0 Å². The zero-order chi connectivity index (χ0) is 18.5. The van der Waals surface area contributed by atoms with Gasteiger partial charge in [0.2, 0.25) is 0 Å². The number of esters is 2. The second-order valence-electron chi connectivity index (χ2n) is 6.58. The van der Waals surface area contributed by atoms with Gasteiger partial charge in [-0.25, -0.2) is 9.59 Å². The number of rotatable bonds is 7. The molecular formula is C16H27NO7. The molecule has 0 aromatic heterocycles. The highest BCUT2D eigenvalue weighted by molar-refractivity contribution is 5.85. The van der Waals surface area contributed by atoms with Crippen LogP contribution < -0.4 is 5.32 Å². The van der Waals surface area contributed by atoms with E-state index >= 15 is 0 Å². The highest BCUT2D eigenvalue weighted by Gasteiger charge is 2.61. The summed E-state index contributed by atoms with van der Waals surface area (Å²) in [5.74, 6) is -2.87. The van der Waals surface area contributed by atoms with Gasteiger partial charge in [0.25, 0.3) is 0 Å². The zero-order valence-electron chi connectivity index (χ0n) is 14.8. The van der Waals surface area contributed by atoms with Crippen LogP contribution in [0.4, 0.5) is 4.79 Å². The fraction of sp³-hybridized carbons (Fsp3) is 0.812. The fourth-order valence-corrected chi connectivity index (χ4v) is 2.64. The molecule has 0 saturated heterocycles. The molecule has 8 nitrogen and oxygen atoms in total. The molecule has 1 rings (SSSR count). The number of carbonyl (C=O) groups is 3. The van der Waals surface area contributed by atoms with Gasteiger partial charge in [0.05, 0.1) is 19.1 Å². The third-order valence-corrected chi connectivity index (χ3v) is 3.60. The lowest BCUT2D eigenvalue weighted by atomic mass is 10.1. The Morgan fingerprint density at radius 3 is 2.17 bits per heavy atom. The van der Waals surface area contributed by atoms with E-state index in [0.717, 1.165) is 0 Å². The van der Waals surface area contributed by atoms with Gasteiger partial charge >= 0.3 is 18.0 Å². The van der Waals surface area contributed by atoms with Gasteiger partial charge in [0.15, 0.2) is 0 Å². The van der Waals surface area contributed by atoms with Crippen LogP contribution in [0.25, 0.3) is 0 Å². The van der Waals surface area contributed by atoms with Crippen molar-refractivity contribution in [2.24, 2.45) is 17.8 Å². The second kappa shape index (κ2) is 8.32. The Balaban J connectivity index is 2.88.